The van der Waals surface area contributed by atoms with Crippen molar-refractivity contribution in [3.05, 3.63) is 10.6 Å². The van der Waals surface area contributed by atoms with Crippen LogP contribution in [-0.4, -0.2) is 16.9 Å². The number of nitrogens with two attached hydrogens (primary N) is 1. The number of anilines is 1. The largest absolute Gasteiger partial charge is 0.375 e. The SMILES string of the molecule is CCC1CCCCC1NC(=O)c1sc(N)nc1C. The summed E-state index contributed by atoms with van der Waals surface area (Å²) < 4.78 is 0. The molecule has 2 rings (SSSR count). The van der Waals surface area contributed by atoms with E-state index in [-0.39, 0.29) is 5.91 Å². The molecule has 0 bridgehead atoms. The van der Waals surface area contributed by atoms with Gasteiger partial charge in [-0.3, -0.25) is 4.79 Å². The summed E-state index contributed by atoms with van der Waals surface area (Å²) in [6.07, 6.45) is 5.96. The van der Waals surface area contributed by atoms with Gasteiger partial charge in [0.1, 0.15) is 4.88 Å². The third-order valence-electron chi connectivity index (χ3n) is 3.77. The molecule has 0 aliphatic heterocycles. The summed E-state index contributed by atoms with van der Waals surface area (Å²) in [6.45, 7) is 4.03. The maximum absolute atomic E-state index is 12.2. The highest BCUT2D eigenvalue weighted by Gasteiger charge is 2.26. The molecule has 1 aliphatic rings. The Labute approximate surface area is 112 Å². The van der Waals surface area contributed by atoms with Gasteiger partial charge in [-0.2, -0.15) is 0 Å². The second-order valence-corrected chi connectivity index (χ2v) is 6.03. The van der Waals surface area contributed by atoms with Crippen LogP contribution >= 0.6 is 11.3 Å². The smallest absolute Gasteiger partial charge is 0.263 e. The van der Waals surface area contributed by atoms with Gasteiger partial charge in [-0.1, -0.05) is 37.5 Å². The molecule has 1 aromatic rings. The lowest BCUT2D eigenvalue weighted by Crippen LogP contribution is -2.41. The first-order valence-electron chi connectivity index (χ1n) is 6.65. The fourth-order valence-corrected chi connectivity index (χ4v) is 3.48. The van der Waals surface area contributed by atoms with Crippen LogP contribution < -0.4 is 11.1 Å². The molecule has 2 atom stereocenters. The standard InChI is InChI=1S/C13H21N3OS/c1-3-9-6-4-5-7-10(9)16-12(17)11-8(2)15-13(14)18-11/h9-10H,3-7H2,1-2H3,(H2,14,15)(H,16,17). The van der Waals surface area contributed by atoms with E-state index in [4.69, 9.17) is 5.73 Å². The molecule has 1 saturated carbocycles. The van der Waals surface area contributed by atoms with Crippen molar-refractivity contribution in [3.63, 3.8) is 0 Å². The molecule has 1 heterocycles. The van der Waals surface area contributed by atoms with E-state index in [9.17, 15) is 4.79 Å². The molecule has 18 heavy (non-hydrogen) atoms. The Kier molecular flexibility index (Phi) is 4.22. The van der Waals surface area contributed by atoms with Crippen molar-refractivity contribution < 1.29 is 4.79 Å². The summed E-state index contributed by atoms with van der Waals surface area (Å²) >= 11 is 1.27. The fourth-order valence-electron chi connectivity index (χ4n) is 2.75. The number of thiazole rings is 1. The first-order chi connectivity index (χ1) is 8.61. The van der Waals surface area contributed by atoms with Crippen molar-refractivity contribution >= 4 is 22.4 Å². The van der Waals surface area contributed by atoms with Crippen molar-refractivity contribution in [3.8, 4) is 0 Å². The molecule has 5 heteroatoms. The Morgan fingerprint density at radius 3 is 2.83 bits per heavy atom. The van der Waals surface area contributed by atoms with E-state index in [2.05, 4.69) is 17.2 Å². The number of amides is 1. The average Bonchev–Trinajstić information content (AvgIpc) is 2.69. The topological polar surface area (TPSA) is 68.0 Å². The van der Waals surface area contributed by atoms with Crippen molar-refractivity contribution in [2.75, 3.05) is 5.73 Å². The molecule has 1 aromatic heterocycles. The van der Waals surface area contributed by atoms with Crippen molar-refractivity contribution in [1.82, 2.24) is 10.3 Å². The van der Waals surface area contributed by atoms with Crippen molar-refractivity contribution in [2.45, 2.75) is 52.0 Å². The van der Waals surface area contributed by atoms with Crippen LogP contribution in [0, 0.1) is 12.8 Å². The number of hydrogen-bond donors (Lipinski definition) is 2. The van der Waals surface area contributed by atoms with E-state index in [1.54, 1.807) is 0 Å². The number of nitrogen functional groups attached to an aromatic ring is 1. The third-order valence-corrected chi connectivity index (χ3v) is 4.75. The van der Waals surface area contributed by atoms with Gasteiger partial charge in [0.05, 0.1) is 5.69 Å². The van der Waals surface area contributed by atoms with E-state index < -0.39 is 0 Å². The zero-order chi connectivity index (χ0) is 13.1. The van der Waals surface area contributed by atoms with Crippen LogP contribution in [0.4, 0.5) is 5.13 Å². The molecule has 3 N–H and O–H groups in total. The third kappa shape index (κ3) is 2.83. The minimum absolute atomic E-state index is 0.00736. The average molecular weight is 267 g/mol. The molecule has 1 aliphatic carbocycles. The Bertz CT molecular complexity index is 430. The number of carbonyl (C=O) groups is 1. The predicted molar refractivity (Wildman–Crippen MR) is 74.8 cm³/mol. The van der Waals surface area contributed by atoms with Crippen LogP contribution in [0.15, 0.2) is 0 Å². The van der Waals surface area contributed by atoms with Gasteiger partial charge in [-0.05, 0) is 25.7 Å². The minimum Gasteiger partial charge on any atom is -0.375 e. The Balaban J connectivity index is 2.04. The Morgan fingerprint density at radius 2 is 2.22 bits per heavy atom. The van der Waals surface area contributed by atoms with E-state index in [1.807, 2.05) is 6.92 Å². The highest BCUT2D eigenvalue weighted by atomic mass is 32.1. The number of hydrogen-bond acceptors (Lipinski definition) is 4. The summed E-state index contributed by atoms with van der Waals surface area (Å²) in [5, 5.41) is 3.63. The zero-order valence-corrected chi connectivity index (χ0v) is 11.8. The van der Waals surface area contributed by atoms with Crippen LogP contribution in [0.1, 0.15) is 54.4 Å². The molecule has 0 aromatic carbocycles. The maximum Gasteiger partial charge on any atom is 0.263 e. The fraction of sp³-hybridized carbons (Fsp3) is 0.692. The number of aromatic nitrogens is 1. The lowest BCUT2D eigenvalue weighted by atomic mass is 9.83. The first kappa shape index (κ1) is 13.3. The molecule has 0 saturated heterocycles. The predicted octanol–water partition coefficient (Wildman–Crippen LogP) is 2.73. The quantitative estimate of drug-likeness (QED) is 0.884. The Hall–Kier alpha value is -1.10. The normalized spacial score (nSPS) is 23.9. The maximum atomic E-state index is 12.2. The second-order valence-electron chi connectivity index (χ2n) is 5.00. The molecule has 4 nitrogen and oxygen atoms in total. The summed E-state index contributed by atoms with van der Waals surface area (Å²) in [5.74, 6) is 0.611. The lowest BCUT2D eigenvalue weighted by Gasteiger charge is -2.31. The molecule has 2 unspecified atom stereocenters. The molecule has 0 radical (unpaired) electrons. The number of nitrogens with one attached hydrogen (secondary N) is 1. The molecule has 100 valence electrons. The van der Waals surface area contributed by atoms with Gasteiger partial charge in [-0.15, -0.1) is 0 Å². The number of rotatable bonds is 3. The molecule has 1 amide bonds. The van der Waals surface area contributed by atoms with Gasteiger partial charge < -0.3 is 11.1 Å². The summed E-state index contributed by atoms with van der Waals surface area (Å²) in [6, 6.07) is 0.318. The van der Waals surface area contributed by atoms with Gasteiger partial charge in [0.15, 0.2) is 5.13 Å². The molecular weight excluding hydrogens is 246 g/mol. The highest BCUT2D eigenvalue weighted by Crippen LogP contribution is 2.28. The van der Waals surface area contributed by atoms with E-state index in [0.717, 1.165) is 18.5 Å². The molecule has 0 spiro atoms. The van der Waals surface area contributed by atoms with Gasteiger partial charge in [0, 0.05) is 6.04 Å². The second kappa shape index (κ2) is 5.69. The van der Waals surface area contributed by atoms with E-state index in [1.165, 1.54) is 30.6 Å². The number of carbonyl (C=O) groups excluding carboxylic acids is 1. The summed E-state index contributed by atoms with van der Waals surface area (Å²) in [5.41, 5.74) is 6.37. The van der Waals surface area contributed by atoms with Gasteiger partial charge in [0.2, 0.25) is 0 Å². The highest BCUT2D eigenvalue weighted by molar-refractivity contribution is 7.17. The van der Waals surface area contributed by atoms with Crippen LogP contribution in [0.5, 0.6) is 0 Å². The lowest BCUT2D eigenvalue weighted by molar-refractivity contribution is 0.0908. The summed E-state index contributed by atoms with van der Waals surface area (Å²) in [7, 11) is 0. The van der Waals surface area contributed by atoms with Gasteiger partial charge >= 0.3 is 0 Å². The monoisotopic (exact) mass is 267 g/mol. The van der Waals surface area contributed by atoms with Crippen LogP contribution in [0.2, 0.25) is 0 Å². The van der Waals surface area contributed by atoms with Crippen molar-refractivity contribution in [2.24, 2.45) is 5.92 Å². The minimum atomic E-state index is -0.00736. The Morgan fingerprint density at radius 1 is 1.50 bits per heavy atom. The molecular formula is C13H21N3OS. The van der Waals surface area contributed by atoms with Crippen molar-refractivity contribution in [1.29, 1.82) is 0 Å². The first-order valence-corrected chi connectivity index (χ1v) is 7.47. The van der Waals surface area contributed by atoms with E-state index >= 15 is 0 Å². The van der Waals surface area contributed by atoms with Gasteiger partial charge in [0.25, 0.3) is 5.91 Å². The van der Waals surface area contributed by atoms with Crippen LogP contribution in [0.3, 0.4) is 0 Å². The van der Waals surface area contributed by atoms with E-state index in [0.29, 0.717) is 22.0 Å². The summed E-state index contributed by atoms with van der Waals surface area (Å²) in [4.78, 5) is 17.0. The number of aryl methyl sites for hydroxylation is 1. The molecule has 1 fully saturated rings. The number of nitrogens with zero attached hydrogens (tertiary/aromatic N) is 1. The van der Waals surface area contributed by atoms with Gasteiger partial charge in [-0.25, -0.2) is 4.98 Å². The van der Waals surface area contributed by atoms with Crippen LogP contribution in [0.25, 0.3) is 0 Å². The zero-order valence-electron chi connectivity index (χ0n) is 11.0. The van der Waals surface area contributed by atoms with Crippen LogP contribution in [-0.2, 0) is 0 Å².